The van der Waals surface area contributed by atoms with E-state index in [4.69, 9.17) is 0 Å². The normalized spacial score (nSPS) is 12.2. The van der Waals surface area contributed by atoms with E-state index in [-0.39, 0.29) is 0 Å². The van der Waals surface area contributed by atoms with Gasteiger partial charge in [-0.25, -0.2) is 9.55 Å². The van der Waals surface area contributed by atoms with Crippen LogP contribution in [0.4, 0.5) is 0 Å². The number of imidazole rings is 1. The Bertz CT molecular complexity index is 810. The van der Waals surface area contributed by atoms with E-state index in [1.807, 2.05) is 0 Å². The van der Waals surface area contributed by atoms with Gasteiger partial charge in [-0.15, -0.1) is 0 Å². The molecule has 0 aliphatic heterocycles. The van der Waals surface area contributed by atoms with Crippen molar-refractivity contribution >= 4 is 0 Å². The summed E-state index contributed by atoms with van der Waals surface area (Å²) in [7, 11) is 0. The van der Waals surface area contributed by atoms with Crippen LogP contribution in [-0.2, 0) is 13.0 Å². The Morgan fingerprint density at radius 3 is 1.40 bits per heavy atom. The third kappa shape index (κ3) is 18.9. The quantitative estimate of drug-likeness (QED) is 0.0701. The molecule has 1 heterocycles. The molecule has 0 aliphatic carbocycles. The van der Waals surface area contributed by atoms with Crippen LogP contribution in [0, 0.1) is 0 Å². The number of H-pyrrole nitrogens is 1. The fourth-order valence-electron chi connectivity index (χ4n) is 6.73. The monoisotopic (exact) mass is 580 g/mol. The summed E-state index contributed by atoms with van der Waals surface area (Å²) in [5.74, 6) is 2.19. The summed E-state index contributed by atoms with van der Waals surface area (Å²) in [6, 6.07) is 11.0. The first-order valence-corrected chi connectivity index (χ1v) is 19.0. The number of nitrogens with one attached hydrogen (secondary N) is 1. The van der Waals surface area contributed by atoms with Gasteiger partial charge in [0, 0.05) is 0 Å². The van der Waals surface area contributed by atoms with Crippen LogP contribution in [0.2, 0.25) is 0 Å². The summed E-state index contributed by atoms with van der Waals surface area (Å²) in [5, 5.41) is 0. The molecule has 2 nitrogen and oxygen atoms in total. The predicted octanol–water partition coefficient (Wildman–Crippen LogP) is 12.8. The van der Waals surface area contributed by atoms with Gasteiger partial charge in [-0.1, -0.05) is 192 Å². The Morgan fingerprint density at radius 2 is 0.952 bits per heavy atom. The third-order valence-electron chi connectivity index (χ3n) is 9.45. The molecule has 240 valence electrons. The van der Waals surface area contributed by atoms with Crippen molar-refractivity contribution in [3.8, 4) is 0 Å². The highest BCUT2D eigenvalue weighted by molar-refractivity contribution is 5.14. The Hall–Kier alpha value is -1.57. The number of nitrogens with zero attached hydrogens (tertiary/aromatic N) is 1. The topological polar surface area (TPSA) is 19.7 Å². The second-order valence-electron chi connectivity index (χ2n) is 13.3. The minimum Gasteiger partial charge on any atom is -0.247 e. The SMILES string of the molecule is CCCCCCCCCCCCCCCC[C@H](CCCCCCCCCCC)c1[nH]cc[n+]1CCCc1ccccc1. The summed E-state index contributed by atoms with van der Waals surface area (Å²) < 4.78 is 2.55. The minimum atomic E-state index is 0.693. The van der Waals surface area contributed by atoms with Crippen LogP contribution in [0.3, 0.4) is 0 Å². The summed E-state index contributed by atoms with van der Waals surface area (Å²) in [6.07, 6.45) is 42.5. The van der Waals surface area contributed by atoms with Crippen molar-refractivity contribution in [2.24, 2.45) is 0 Å². The summed E-state index contributed by atoms with van der Waals surface area (Å²) in [6.45, 7) is 5.75. The van der Waals surface area contributed by atoms with Crippen molar-refractivity contribution in [1.82, 2.24) is 4.98 Å². The maximum Gasteiger partial charge on any atom is 0.257 e. The second-order valence-corrected chi connectivity index (χ2v) is 13.3. The van der Waals surface area contributed by atoms with Crippen LogP contribution in [0.1, 0.15) is 198 Å². The molecule has 0 bridgehead atoms. The fourth-order valence-corrected chi connectivity index (χ4v) is 6.73. The van der Waals surface area contributed by atoms with E-state index in [0.717, 1.165) is 6.54 Å². The summed E-state index contributed by atoms with van der Waals surface area (Å²) in [4.78, 5) is 3.70. The maximum atomic E-state index is 3.70. The average Bonchev–Trinajstić information content (AvgIpc) is 3.48. The van der Waals surface area contributed by atoms with Crippen molar-refractivity contribution < 1.29 is 4.57 Å². The van der Waals surface area contributed by atoms with Crippen LogP contribution in [0.25, 0.3) is 0 Å². The van der Waals surface area contributed by atoms with Gasteiger partial charge in [-0.2, -0.15) is 0 Å². The molecule has 1 N–H and O–H groups in total. The lowest BCUT2D eigenvalue weighted by molar-refractivity contribution is -0.704. The van der Waals surface area contributed by atoms with Crippen molar-refractivity contribution in [2.75, 3.05) is 0 Å². The molecule has 0 saturated carbocycles. The van der Waals surface area contributed by atoms with Crippen molar-refractivity contribution in [1.29, 1.82) is 0 Å². The number of aryl methyl sites for hydroxylation is 2. The van der Waals surface area contributed by atoms with Crippen LogP contribution in [0.15, 0.2) is 42.7 Å². The molecule has 1 atom stereocenters. The molecule has 2 heteroatoms. The van der Waals surface area contributed by atoms with Gasteiger partial charge in [-0.05, 0) is 31.2 Å². The molecular formula is C40H71N2+. The first-order chi connectivity index (χ1) is 20.8. The van der Waals surface area contributed by atoms with Gasteiger partial charge in [-0.3, -0.25) is 0 Å². The van der Waals surface area contributed by atoms with Crippen molar-refractivity contribution in [2.45, 2.75) is 200 Å². The van der Waals surface area contributed by atoms with Gasteiger partial charge in [0.25, 0.3) is 5.82 Å². The molecule has 0 spiro atoms. The Kier molecular flexibility index (Phi) is 23.6. The Labute approximate surface area is 262 Å². The lowest BCUT2D eigenvalue weighted by atomic mass is 9.93. The Morgan fingerprint density at radius 1 is 0.524 bits per heavy atom. The fraction of sp³-hybridized carbons (Fsp3) is 0.775. The Balaban J connectivity index is 1.66. The number of rotatable bonds is 30. The van der Waals surface area contributed by atoms with Crippen LogP contribution < -0.4 is 4.57 Å². The van der Waals surface area contributed by atoms with E-state index in [9.17, 15) is 0 Å². The highest BCUT2D eigenvalue weighted by Crippen LogP contribution is 2.26. The van der Waals surface area contributed by atoms with E-state index >= 15 is 0 Å². The van der Waals surface area contributed by atoms with Crippen LogP contribution >= 0.6 is 0 Å². The summed E-state index contributed by atoms with van der Waals surface area (Å²) in [5.41, 5.74) is 1.46. The van der Waals surface area contributed by atoms with E-state index in [1.165, 1.54) is 185 Å². The van der Waals surface area contributed by atoms with Gasteiger partial charge in [0.05, 0.1) is 12.5 Å². The largest absolute Gasteiger partial charge is 0.257 e. The third-order valence-corrected chi connectivity index (χ3v) is 9.45. The molecule has 0 radical (unpaired) electrons. The smallest absolute Gasteiger partial charge is 0.247 e. The molecule has 0 unspecified atom stereocenters. The molecule has 2 rings (SSSR count). The van der Waals surface area contributed by atoms with Crippen molar-refractivity contribution in [3.05, 3.63) is 54.1 Å². The molecule has 0 amide bonds. The molecule has 42 heavy (non-hydrogen) atoms. The molecule has 0 fully saturated rings. The molecule has 1 aromatic carbocycles. The van der Waals surface area contributed by atoms with Gasteiger partial charge in [0.1, 0.15) is 12.4 Å². The standard InChI is InChI=1S/C40H70N2/c1-3-5-7-9-11-13-14-15-16-17-19-21-23-28-34-39(33-27-22-20-18-12-10-8-6-4-2)40-41-35-37-42(40)36-29-32-38-30-25-24-26-31-38/h24-26,30-31,35,37,39H,3-23,27-29,32-34,36H2,1-2H3/p+1/t39-/m0/s1. The molecule has 0 aliphatic rings. The molecule has 1 aromatic heterocycles. The zero-order valence-corrected chi connectivity index (χ0v) is 28.4. The maximum absolute atomic E-state index is 3.70. The molecule has 2 aromatic rings. The van der Waals surface area contributed by atoms with Gasteiger partial charge >= 0.3 is 0 Å². The number of aromatic amines is 1. The molecule has 0 saturated heterocycles. The van der Waals surface area contributed by atoms with Gasteiger partial charge in [0.2, 0.25) is 0 Å². The number of benzene rings is 1. The van der Waals surface area contributed by atoms with Crippen molar-refractivity contribution in [3.63, 3.8) is 0 Å². The minimum absolute atomic E-state index is 0.693. The van der Waals surface area contributed by atoms with Gasteiger partial charge < -0.3 is 0 Å². The zero-order valence-electron chi connectivity index (χ0n) is 28.4. The molecular weight excluding hydrogens is 508 g/mol. The summed E-state index contributed by atoms with van der Waals surface area (Å²) >= 11 is 0. The lowest BCUT2D eigenvalue weighted by Crippen LogP contribution is -2.37. The van der Waals surface area contributed by atoms with E-state index in [0.29, 0.717) is 5.92 Å². The van der Waals surface area contributed by atoms with E-state index < -0.39 is 0 Å². The zero-order chi connectivity index (χ0) is 29.8. The highest BCUT2D eigenvalue weighted by atomic mass is 15.1. The van der Waals surface area contributed by atoms with Gasteiger partial charge in [0.15, 0.2) is 0 Å². The first-order valence-electron chi connectivity index (χ1n) is 19.0. The lowest BCUT2D eigenvalue weighted by Gasteiger charge is -2.14. The highest BCUT2D eigenvalue weighted by Gasteiger charge is 2.22. The van der Waals surface area contributed by atoms with E-state index in [2.05, 4.69) is 66.1 Å². The number of hydrogen-bond acceptors (Lipinski definition) is 0. The predicted molar refractivity (Wildman–Crippen MR) is 185 cm³/mol. The number of hydrogen-bond donors (Lipinski definition) is 1. The number of unbranched alkanes of at least 4 members (excludes halogenated alkanes) is 21. The van der Waals surface area contributed by atoms with Crippen LogP contribution in [-0.4, -0.2) is 4.98 Å². The first kappa shape index (κ1) is 36.6. The second kappa shape index (κ2) is 27.0. The van der Waals surface area contributed by atoms with E-state index in [1.54, 1.807) is 0 Å². The number of aromatic nitrogens is 2. The average molecular weight is 580 g/mol. The van der Waals surface area contributed by atoms with Crippen LogP contribution in [0.5, 0.6) is 0 Å².